The van der Waals surface area contributed by atoms with Gasteiger partial charge in [-0.15, -0.1) is 0 Å². The van der Waals surface area contributed by atoms with Gasteiger partial charge in [0.25, 0.3) is 0 Å². The van der Waals surface area contributed by atoms with Crippen LogP contribution >= 0.6 is 0 Å². The second-order valence-corrected chi connectivity index (χ2v) is 7.19. The Hall–Kier alpha value is -2.32. The Morgan fingerprint density at radius 1 is 0.917 bits per heavy atom. The molecule has 9 nitrogen and oxygen atoms in total. The van der Waals surface area contributed by atoms with Crippen molar-refractivity contribution in [2.75, 3.05) is 0 Å². The summed E-state index contributed by atoms with van der Waals surface area (Å²) in [5.74, 6) is -1.47. The number of ether oxygens (including phenoxy) is 2. The number of primary amides is 1. The Labute approximate surface area is 141 Å². The summed E-state index contributed by atoms with van der Waals surface area (Å²) in [4.78, 5) is 46.1. The summed E-state index contributed by atoms with van der Waals surface area (Å²) in [5, 5.41) is 4.31. The monoisotopic (exact) mass is 345 g/mol. The second kappa shape index (κ2) is 8.51. The number of hydrogen-bond acceptors (Lipinski definition) is 6. The molecule has 0 spiro atoms. The molecule has 0 radical (unpaired) electrons. The van der Waals surface area contributed by atoms with Crippen molar-refractivity contribution in [1.29, 1.82) is 0 Å². The van der Waals surface area contributed by atoms with Crippen LogP contribution in [0, 0.1) is 0 Å². The number of imide groups is 1. The molecular weight excluding hydrogens is 318 g/mol. The smallest absolute Gasteiger partial charge is 0.414 e. The first-order valence-corrected chi connectivity index (χ1v) is 7.51. The molecule has 9 heteroatoms. The van der Waals surface area contributed by atoms with Crippen LogP contribution in [0.2, 0.25) is 0 Å². The van der Waals surface area contributed by atoms with Crippen molar-refractivity contribution in [3.8, 4) is 0 Å². The Balaban J connectivity index is 4.44. The summed E-state index contributed by atoms with van der Waals surface area (Å²) < 4.78 is 9.94. The lowest BCUT2D eigenvalue weighted by molar-refractivity contribution is -0.122. The van der Waals surface area contributed by atoms with Gasteiger partial charge in [0.1, 0.15) is 17.2 Å². The highest BCUT2D eigenvalue weighted by molar-refractivity contribution is 5.92. The third kappa shape index (κ3) is 11.3. The zero-order valence-corrected chi connectivity index (χ0v) is 15.0. The quantitative estimate of drug-likeness (QED) is 0.684. The van der Waals surface area contributed by atoms with Gasteiger partial charge >= 0.3 is 12.2 Å². The standard InChI is InChI=1S/C15H27N3O6/c1-14(2,3)23-12(21)17-9(11(16)20)7-8-10(19)18-13(22)24-15(4,5)6/h9H,7-8H2,1-6H3,(H2,16,20)(H,17,21)(H,18,19,22). The lowest BCUT2D eigenvalue weighted by Crippen LogP contribution is -2.47. The van der Waals surface area contributed by atoms with Crippen LogP contribution in [0.5, 0.6) is 0 Å². The molecule has 4 amide bonds. The predicted octanol–water partition coefficient (Wildman–Crippen LogP) is 1.20. The van der Waals surface area contributed by atoms with E-state index in [0.717, 1.165) is 0 Å². The average Bonchev–Trinajstić information content (AvgIpc) is 2.28. The molecular formula is C15H27N3O6. The van der Waals surface area contributed by atoms with E-state index >= 15 is 0 Å². The summed E-state index contributed by atoms with van der Waals surface area (Å²) in [5.41, 5.74) is 3.71. The Morgan fingerprint density at radius 3 is 1.79 bits per heavy atom. The van der Waals surface area contributed by atoms with E-state index in [1.54, 1.807) is 41.5 Å². The van der Waals surface area contributed by atoms with Crippen LogP contribution in [-0.2, 0) is 19.1 Å². The molecule has 138 valence electrons. The molecule has 0 aromatic heterocycles. The van der Waals surface area contributed by atoms with E-state index in [9.17, 15) is 19.2 Å². The number of rotatable bonds is 5. The first kappa shape index (κ1) is 21.7. The minimum absolute atomic E-state index is 0.0802. The molecule has 0 fully saturated rings. The highest BCUT2D eigenvalue weighted by Crippen LogP contribution is 2.08. The molecule has 0 heterocycles. The topological polar surface area (TPSA) is 137 Å². The highest BCUT2D eigenvalue weighted by Gasteiger charge is 2.24. The number of hydrogen-bond donors (Lipinski definition) is 3. The summed E-state index contributed by atoms with van der Waals surface area (Å²) in [6.45, 7) is 9.97. The lowest BCUT2D eigenvalue weighted by Gasteiger charge is -2.22. The van der Waals surface area contributed by atoms with Crippen LogP contribution in [0.3, 0.4) is 0 Å². The minimum Gasteiger partial charge on any atom is -0.444 e. The van der Waals surface area contributed by atoms with Gasteiger partial charge in [-0.2, -0.15) is 0 Å². The number of carbonyl (C=O) groups is 4. The first-order valence-electron chi connectivity index (χ1n) is 7.51. The van der Waals surface area contributed by atoms with E-state index in [4.69, 9.17) is 15.2 Å². The third-order valence-electron chi connectivity index (χ3n) is 2.33. The Kier molecular flexibility index (Phi) is 7.69. The van der Waals surface area contributed by atoms with E-state index in [1.165, 1.54) is 0 Å². The molecule has 24 heavy (non-hydrogen) atoms. The summed E-state index contributed by atoms with van der Waals surface area (Å²) in [6, 6.07) is -1.09. The molecule has 1 unspecified atom stereocenters. The van der Waals surface area contributed by atoms with Crippen molar-refractivity contribution in [3.05, 3.63) is 0 Å². The molecule has 0 rings (SSSR count). The predicted molar refractivity (Wildman–Crippen MR) is 86.0 cm³/mol. The average molecular weight is 345 g/mol. The zero-order valence-electron chi connectivity index (χ0n) is 15.0. The number of nitrogens with one attached hydrogen (secondary N) is 2. The molecule has 4 N–H and O–H groups in total. The molecule has 0 aromatic carbocycles. The summed E-state index contributed by atoms with van der Waals surface area (Å²) in [7, 11) is 0. The maximum absolute atomic E-state index is 11.7. The maximum atomic E-state index is 11.7. The molecule has 0 bridgehead atoms. The van der Waals surface area contributed by atoms with Crippen molar-refractivity contribution >= 4 is 24.0 Å². The number of carbonyl (C=O) groups excluding carboxylic acids is 4. The Bertz CT molecular complexity index is 490. The van der Waals surface area contributed by atoms with Gasteiger partial charge in [-0.3, -0.25) is 14.9 Å². The number of nitrogens with two attached hydrogens (primary N) is 1. The molecule has 0 aliphatic rings. The summed E-state index contributed by atoms with van der Waals surface area (Å²) >= 11 is 0. The Morgan fingerprint density at radius 2 is 1.38 bits per heavy atom. The maximum Gasteiger partial charge on any atom is 0.414 e. The SMILES string of the molecule is CC(C)(C)OC(=O)NC(=O)CCC(NC(=O)OC(C)(C)C)C(N)=O. The molecule has 0 saturated carbocycles. The van der Waals surface area contributed by atoms with Gasteiger partial charge < -0.3 is 20.5 Å². The van der Waals surface area contributed by atoms with Gasteiger partial charge in [0.15, 0.2) is 0 Å². The van der Waals surface area contributed by atoms with Gasteiger partial charge in [-0.05, 0) is 48.0 Å². The normalized spacial score (nSPS) is 12.8. The van der Waals surface area contributed by atoms with Crippen LogP contribution < -0.4 is 16.4 Å². The van der Waals surface area contributed by atoms with E-state index in [1.807, 2.05) is 5.32 Å². The van der Waals surface area contributed by atoms with Gasteiger partial charge in [-0.1, -0.05) is 0 Å². The molecule has 0 saturated heterocycles. The van der Waals surface area contributed by atoms with Crippen LogP contribution in [-0.4, -0.2) is 41.2 Å². The minimum atomic E-state index is -1.09. The second-order valence-electron chi connectivity index (χ2n) is 7.19. The van der Waals surface area contributed by atoms with Gasteiger partial charge in [0, 0.05) is 6.42 Å². The van der Waals surface area contributed by atoms with Crippen molar-refractivity contribution in [2.24, 2.45) is 5.73 Å². The van der Waals surface area contributed by atoms with Crippen LogP contribution in [0.15, 0.2) is 0 Å². The molecule has 0 aromatic rings. The van der Waals surface area contributed by atoms with Crippen LogP contribution in [0.4, 0.5) is 9.59 Å². The fraction of sp³-hybridized carbons (Fsp3) is 0.733. The zero-order chi connectivity index (χ0) is 19.1. The van der Waals surface area contributed by atoms with Gasteiger partial charge in [-0.25, -0.2) is 9.59 Å². The van der Waals surface area contributed by atoms with Gasteiger partial charge in [0.05, 0.1) is 0 Å². The summed E-state index contributed by atoms with van der Waals surface area (Å²) in [6.07, 6.45) is -1.99. The lowest BCUT2D eigenvalue weighted by atomic mass is 10.1. The molecule has 0 aliphatic heterocycles. The third-order valence-corrected chi connectivity index (χ3v) is 2.33. The van der Waals surface area contributed by atoms with E-state index in [-0.39, 0.29) is 12.8 Å². The van der Waals surface area contributed by atoms with Crippen molar-refractivity contribution in [1.82, 2.24) is 10.6 Å². The van der Waals surface area contributed by atoms with E-state index < -0.39 is 41.2 Å². The van der Waals surface area contributed by atoms with Crippen LogP contribution in [0.1, 0.15) is 54.4 Å². The van der Waals surface area contributed by atoms with Crippen LogP contribution in [0.25, 0.3) is 0 Å². The van der Waals surface area contributed by atoms with Crippen molar-refractivity contribution in [2.45, 2.75) is 71.6 Å². The first-order chi connectivity index (χ1) is 10.7. The van der Waals surface area contributed by atoms with E-state index in [0.29, 0.717) is 0 Å². The number of alkyl carbamates (subject to hydrolysis) is 2. The largest absolute Gasteiger partial charge is 0.444 e. The van der Waals surface area contributed by atoms with Gasteiger partial charge in [0.2, 0.25) is 11.8 Å². The fourth-order valence-corrected chi connectivity index (χ4v) is 1.49. The molecule has 1 atom stereocenters. The van der Waals surface area contributed by atoms with Crippen molar-refractivity contribution in [3.63, 3.8) is 0 Å². The highest BCUT2D eigenvalue weighted by atomic mass is 16.6. The van der Waals surface area contributed by atoms with E-state index in [2.05, 4.69) is 5.32 Å². The van der Waals surface area contributed by atoms with Crippen molar-refractivity contribution < 1.29 is 28.7 Å². The number of amides is 4. The fourth-order valence-electron chi connectivity index (χ4n) is 1.49. The molecule has 0 aliphatic carbocycles.